The first-order valence-electron chi connectivity index (χ1n) is 11.5. The molecule has 0 bridgehead atoms. The quantitative estimate of drug-likeness (QED) is 0.628. The molecule has 1 fully saturated rings. The Bertz CT molecular complexity index is 1230. The summed E-state index contributed by atoms with van der Waals surface area (Å²) < 4.78 is 0. The Morgan fingerprint density at radius 2 is 1.88 bits per heavy atom. The molecule has 0 unspecified atom stereocenters. The molecular weight excluding hydrogens is 428 g/mol. The summed E-state index contributed by atoms with van der Waals surface area (Å²) in [7, 11) is 3.48. The molecule has 0 aliphatic carbocycles. The van der Waals surface area contributed by atoms with Crippen molar-refractivity contribution in [2.45, 2.75) is 18.5 Å². The third-order valence-corrected chi connectivity index (χ3v) is 6.89. The van der Waals surface area contributed by atoms with Crippen molar-refractivity contribution in [2.24, 2.45) is 5.92 Å². The number of nitrogens with one attached hydrogen (secondary N) is 1. The highest BCUT2D eigenvalue weighted by molar-refractivity contribution is 5.96. The SMILES string of the molecule is CN(C)C(=O)c1cccc(-c2ccc3c(c2)[C@@H]2[C@@H](CCN2C(=O)c2cccnc2)[C@@H](CO)N3)c1. The van der Waals surface area contributed by atoms with Gasteiger partial charge in [-0.15, -0.1) is 0 Å². The second-order valence-corrected chi connectivity index (χ2v) is 9.15. The van der Waals surface area contributed by atoms with Gasteiger partial charge in [-0.05, 0) is 59.5 Å². The average molecular weight is 457 g/mol. The predicted molar refractivity (Wildman–Crippen MR) is 131 cm³/mol. The summed E-state index contributed by atoms with van der Waals surface area (Å²) in [5, 5.41) is 13.5. The standard InChI is InChI=1S/C27H28N4O3/c1-30(2)26(33)19-6-3-5-17(13-19)18-8-9-23-22(14-18)25-21(24(16-32)29-23)10-12-31(25)27(34)20-7-4-11-28-15-20/h3-9,11,13-15,21,24-25,29,32H,10,12,16H2,1-2H3/t21-,24+,25-/m0/s1. The van der Waals surface area contributed by atoms with Crippen molar-refractivity contribution in [3.05, 3.63) is 83.7 Å². The summed E-state index contributed by atoms with van der Waals surface area (Å²) in [4.78, 5) is 33.5. The van der Waals surface area contributed by atoms with Gasteiger partial charge in [0.2, 0.25) is 0 Å². The number of aliphatic hydroxyl groups excluding tert-OH is 1. The fourth-order valence-electron chi connectivity index (χ4n) is 5.22. The van der Waals surface area contributed by atoms with E-state index in [1.165, 1.54) is 0 Å². The van der Waals surface area contributed by atoms with E-state index in [0.717, 1.165) is 28.8 Å². The number of nitrogens with zero attached hydrogens (tertiary/aromatic N) is 3. The molecule has 174 valence electrons. The number of benzene rings is 2. The highest BCUT2D eigenvalue weighted by Gasteiger charge is 2.45. The van der Waals surface area contributed by atoms with E-state index >= 15 is 0 Å². The zero-order chi connectivity index (χ0) is 23.8. The van der Waals surface area contributed by atoms with Crippen LogP contribution in [0.4, 0.5) is 5.69 Å². The molecule has 2 aliphatic rings. The summed E-state index contributed by atoms with van der Waals surface area (Å²) in [5.41, 5.74) is 5.08. The molecule has 3 heterocycles. The van der Waals surface area contributed by atoms with Crippen LogP contribution in [0.15, 0.2) is 67.0 Å². The molecule has 0 spiro atoms. The van der Waals surface area contributed by atoms with Gasteiger partial charge in [0.05, 0.1) is 24.3 Å². The molecule has 3 aromatic rings. The number of amides is 2. The van der Waals surface area contributed by atoms with Crippen LogP contribution < -0.4 is 5.32 Å². The molecule has 0 radical (unpaired) electrons. The lowest BCUT2D eigenvalue weighted by Crippen LogP contribution is -2.42. The van der Waals surface area contributed by atoms with E-state index in [1.54, 1.807) is 43.5 Å². The molecule has 2 aromatic carbocycles. The molecule has 34 heavy (non-hydrogen) atoms. The van der Waals surface area contributed by atoms with Crippen molar-refractivity contribution in [1.82, 2.24) is 14.8 Å². The Kier molecular flexibility index (Phi) is 5.79. The summed E-state index contributed by atoms with van der Waals surface area (Å²) in [5.74, 6) is 0.0144. The molecule has 7 nitrogen and oxygen atoms in total. The number of hydrogen-bond donors (Lipinski definition) is 2. The molecule has 1 aromatic heterocycles. The second-order valence-electron chi connectivity index (χ2n) is 9.15. The van der Waals surface area contributed by atoms with Gasteiger partial charge in [-0.2, -0.15) is 0 Å². The van der Waals surface area contributed by atoms with Gasteiger partial charge in [0.1, 0.15) is 0 Å². The van der Waals surface area contributed by atoms with Crippen molar-refractivity contribution >= 4 is 17.5 Å². The van der Waals surface area contributed by atoms with Crippen LogP contribution in [0.25, 0.3) is 11.1 Å². The average Bonchev–Trinajstić information content (AvgIpc) is 3.33. The maximum absolute atomic E-state index is 13.4. The summed E-state index contributed by atoms with van der Waals surface area (Å²) in [6, 6.07) is 17.0. The summed E-state index contributed by atoms with van der Waals surface area (Å²) >= 11 is 0. The van der Waals surface area contributed by atoms with Crippen molar-refractivity contribution in [3.63, 3.8) is 0 Å². The minimum absolute atomic E-state index is 0.00593. The van der Waals surface area contributed by atoms with Gasteiger partial charge in [0.25, 0.3) is 11.8 Å². The van der Waals surface area contributed by atoms with E-state index in [9.17, 15) is 14.7 Å². The first-order chi connectivity index (χ1) is 16.5. The molecule has 0 saturated carbocycles. The van der Waals surface area contributed by atoms with Gasteiger partial charge in [-0.3, -0.25) is 14.6 Å². The second kappa shape index (κ2) is 8.91. The maximum Gasteiger partial charge on any atom is 0.255 e. The number of carbonyl (C=O) groups excluding carboxylic acids is 2. The van der Waals surface area contributed by atoms with Crippen LogP contribution >= 0.6 is 0 Å². The first kappa shape index (κ1) is 22.1. The minimum Gasteiger partial charge on any atom is -0.394 e. The van der Waals surface area contributed by atoms with E-state index < -0.39 is 0 Å². The summed E-state index contributed by atoms with van der Waals surface area (Å²) in [6.45, 7) is 0.629. The van der Waals surface area contributed by atoms with Crippen LogP contribution in [0, 0.1) is 5.92 Å². The van der Waals surface area contributed by atoms with Crippen LogP contribution in [-0.4, -0.2) is 65.0 Å². The van der Waals surface area contributed by atoms with Crippen LogP contribution in [0.3, 0.4) is 0 Å². The zero-order valence-corrected chi connectivity index (χ0v) is 19.3. The number of aliphatic hydroxyl groups is 1. The smallest absolute Gasteiger partial charge is 0.255 e. The van der Waals surface area contributed by atoms with E-state index in [4.69, 9.17) is 0 Å². The number of fused-ring (bicyclic) bond motifs is 3. The van der Waals surface area contributed by atoms with Gasteiger partial charge in [0.15, 0.2) is 0 Å². The first-order valence-corrected chi connectivity index (χ1v) is 11.5. The van der Waals surface area contributed by atoms with Crippen LogP contribution in [0.5, 0.6) is 0 Å². The van der Waals surface area contributed by atoms with E-state index in [1.807, 2.05) is 41.3 Å². The van der Waals surface area contributed by atoms with E-state index in [-0.39, 0.29) is 36.4 Å². The van der Waals surface area contributed by atoms with Crippen LogP contribution in [-0.2, 0) is 0 Å². The van der Waals surface area contributed by atoms with Crippen LogP contribution in [0.1, 0.15) is 38.7 Å². The third-order valence-electron chi connectivity index (χ3n) is 6.89. The Labute approximate surface area is 199 Å². The molecular formula is C27H28N4O3. The van der Waals surface area contributed by atoms with Crippen molar-refractivity contribution in [2.75, 3.05) is 32.6 Å². The molecule has 5 rings (SSSR count). The molecule has 2 amide bonds. The molecule has 2 aliphatic heterocycles. The third kappa shape index (κ3) is 3.82. The number of anilines is 1. The lowest BCUT2D eigenvalue weighted by Gasteiger charge is -2.39. The monoisotopic (exact) mass is 456 g/mol. The maximum atomic E-state index is 13.4. The Balaban J connectivity index is 1.55. The van der Waals surface area contributed by atoms with Gasteiger partial charge < -0.3 is 20.2 Å². The van der Waals surface area contributed by atoms with E-state index in [0.29, 0.717) is 17.7 Å². The van der Waals surface area contributed by atoms with Gasteiger partial charge >= 0.3 is 0 Å². The normalized spacial score (nSPS) is 20.8. The number of hydrogen-bond acceptors (Lipinski definition) is 5. The predicted octanol–water partition coefficient (Wildman–Crippen LogP) is 3.44. The van der Waals surface area contributed by atoms with Gasteiger partial charge in [-0.1, -0.05) is 18.2 Å². The number of likely N-dealkylation sites (tertiary alicyclic amines) is 1. The number of rotatable bonds is 4. The topological polar surface area (TPSA) is 85.8 Å². The molecule has 7 heteroatoms. The largest absolute Gasteiger partial charge is 0.394 e. The zero-order valence-electron chi connectivity index (χ0n) is 19.3. The van der Waals surface area contributed by atoms with Crippen molar-refractivity contribution < 1.29 is 14.7 Å². The highest BCUT2D eigenvalue weighted by Crippen LogP contribution is 2.47. The van der Waals surface area contributed by atoms with Crippen LogP contribution in [0.2, 0.25) is 0 Å². The fraction of sp³-hybridized carbons (Fsp3) is 0.296. The number of carbonyl (C=O) groups is 2. The minimum atomic E-state index is -0.146. The Hall–Kier alpha value is -3.71. The molecule has 1 saturated heterocycles. The lowest BCUT2D eigenvalue weighted by molar-refractivity contribution is 0.0700. The molecule has 3 atom stereocenters. The fourth-order valence-corrected chi connectivity index (χ4v) is 5.22. The Morgan fingerprint density at radius 1 is 1.09 bits per heavy atom. The Morgan fingerprint density at radius 3 is 2.62 bits per heavy atom. The lowest BCUT2D eigenvalue weighted by atomic mass is 9.82. The van der Waals surface area contributed by atoms with Gasteiger partial charge in [0, 0.05) is 50.2 Å². The summed E-state index contributed by atoms with van der Waals surface area (Å²) in [6.07, 6.45) is 4.07. The molecule has 2 N–H and O–H groups in total. The van der Waals surface area contributed by atoms with Gasteiger partial charge in [-0.25, -0.2) is 0 Å². The number of aromatic nitrogens is 1. The van der Waals surface area contributed by atoms with E-state index in [2.05, 4.69) is 16.4 Å². The van der Waals surface area contributed by atoms with Crippen molar-refractivity contribution in [1.29, 1.82) is 0 Å². The highest BCUT2D eigenvalue weighted by atomic mass is 16.3. The van der Waals surface area contributed by atoms with Crippen molar-refractivity contribution in [3.8, 4) is 11.1 Å². The number of pyridine rings is 1.